The van der Waals surface area contributed by atoms with Crippen LogP contribution >= 0.6 is 46.7 Å². The van der Waals surface area contributed by atoms with E-state index in [1.54, 1.807) is 28.9 Å². The van der Waals surface area contributed by atoms with E-state index in [-0.39, 0.29) is 6.03 Å². The molecule has 8 heteroatoms. The molecule has 0 aliphatic carbocycles. The highest BCUT2D eigenvalue weighted by atomic mass is 35.5. The molecule has 4 nitrogen and oxygen atoms in total. The predicted octanol–water partition coefficient (Wildman–Crippen LogP) is 5.37. The lowest BCUT2D eigenvalue weighted by molar-refractivity contribution is 0.201. The van der Waals surface area contributed by atoms with E-state index in [1.807, 2.05) is 32.2 Å². The average Bonchev–Trinajstić information content (AvgIpc) is 2.90. The Bertz CT molecular complexity index is 682. The number of carbonyl (C=O) groups is 1. The van der Waals surface area contributed by atoms with Gasteiger partial charge in [-0.25, -0.2) is 4.79 Å². The number of thioether (sulfide) groups is 1. The van der Waals surface area contributed by atoms with Gasteiger partial charge >= 0.3 is 6.03 Å². The van der Waals surface area contributed by atoms with Crippen LogP contribution in [0.1, 0.15) is 13.8 Å². The summed E-state index contributed by atoms with van der Waals surface area (Å²) >= 11 is 15.1. The molecular formula is C15H17Cl2N3OS2. The molecule has 0 unspecified atom stereocenters. The molecule has 0 atom stereocenters. The van der Waals surface area contributed by atoms with Gasteiger partial charge in [0.25, 0.3) is 0 Å². The molecule has 0 fully saturated rings. The van der Waals surface area contributed by atoms with Gasteiger partial charge in [-0.15, -0.1) is 11.8 Å². The summed E-state index contributed by atoms with van der Waals surface area (Å²) < 4.78 is 1.40. The maximum absolute atomic E-state index is 12.4. The van der Waals surface area contributed by atoms with Gasteiger partial charge in [0.2, 0.25) is 0 Å². The van der Waals surface area contributed by atoms with Gasteiger partial charge in [0.1, 0.15) is 5.03 Å². The lowest BCUT2D eigenvalue weighted by atomic mass is 10.4. The standard InChI is InChI=1S/C15H17Cl2N3OS2/c1-4-19(5-2)15(21)20-9-13(22-3)14(18-20)23-12-7-10(16)6-11(17)8-12/h6-9H,4-5H2,1-3H3. The smallest absolute Gasteiger partial charge is 0.323 e. The third kappa shape index (κ3) is 4.59. The highest BCUT2D eigenvalue weighted by Gasteiger charge is 2.18. The van der Waals surface area contributed by atoms with E-state index in [0.29, 0.717) is 23.1 Å². The summed E-state index contributed by atoms with van der Waals surface area (Å²) in [5.41, 5.74) is 0. The Morgan fingerprint density at radius 1 is 1.22 bits per heavy atom. The monoisotopic (exact) mass is 389 g/mol. The van der Waals surface area contributed by atoms with Gasteiger partial charge in [-0.05, 0) is 38.3 Å². The zero-order chi connectivity index (χ0) is 17.0. The molecule has 2 aromatic rings. The normalized spacial score (nSPS) is 10.8. The lowest BCUT2D eigenvalue weighted by Crippen LogP contribution is -2.34. The first-order valence-electron chi connectivity index (χ1n) is 7.05. The molecule has 0 aliphatic heterocycles. The Kier molecular flexibility index (Phi) is 6.71. The van der Waals surface area contributed by atoms with Crippen molar-refractivity contribution in [2.75, 3.05) is 19.3 Å². The van der Waals surface area contributed by atoms with Gasteiger partial charge in [-0.1, -0.05) is 35.0 Å². The summed E-state index contributed by atoms with van der Waals surface area (Å²) in [7, 11) is 0. The van der Waals surface area contributed by atoms with Gasteiger partial charge in [0.15, 0.2) is 0 Å². The van der Waals surface area contributed by atoms with E-state index in [4.69, 9.17) is 23.2 Å². The minimum atomic E-state index is -0.124. The van der Waals surface area contributed by atoms with E-state index in [1.165, 1.54) is 16.4 Å². The summed E-state index contributed by atoms with van der Waals surface area (Å²) in [4.78, 5) is 16.0. The van der Waals surface area contributed by atoms with Crippen LogP contribution in [0.25, 0.3) is 0 Å². The van der Waals surface area contributed by atoms with Crippen molar-refractivity contribution < 1.29 is 4.79 Å². The first-order chi connectivity index (χ1) is 11.0. The average molecular weight is 390 g/mol. The number of benzene rings is 1. The molecule has 1 aromatic heterocycles. The molecule has 1 amide bonds. The number of amides is 1. The third-order valence-corrected chi connectivity index (χ3v) is 5.42. The number of rotatable bonds is 5. The number of aromatic nitrogens is 2. The van der Waals surface area contributed by atoms with Crippen molar-refractivity contribution in [1.29, 1.82) is 0 Å². The first kappa shape index (κ1) is 18.5. The number of hydrogen-bond acceptors (Lipinski definition) is 4. The third-order valence-electron chi connectivity index (χ3n) is 3.15. The molecular weight excluding hydrogens is 373 g/mol. The first-order valence-corrected chi connectivity index (χ1v) is 9.85. The Labute approximate surface area is 154 Å². The van der Waals surface area contributed by atoms with Crippen LogP contribution in [0.2, 0.25) is 10.0 Å². The van der Waals surface area contributed by atoms with Crippen LogP contribution in [-0.2, 0) is 0 Å². The van der Waals surface area contributed by atoms with Crippen LogP contribution in [0.5, 0.6) is 0 Å². The Balaban J connectivity index is 2.30. The molecule has 0 spiro atoms. The molecule has 0 N–H and O–H groups in total. The Morgan fingerprint density at radius 3 is 2.35 bits per heavy atom. The van der Waals surface area contributed by atoms with Gasteiger partial charge in [-0.2, -0.15) is 9.78 Å². The molecule has 2 rings (SSSR count). The van der Waals surface area contributed by atoms with Crippen molar-refractivity contribution in [1.82, 2.24) is 14.7 Å². The lowest BCUT2D eigenvalue weighted by Gasteiger charge is -2.17. The van der Waals surface area contributed by atoms with E-state index in [2.05, 4.69) is 5.10 Å². The fourth-order valence-corrected chi connectivity index (χ4v) is 4.32. The zero-order valence-electron chi connectivity index (χ0n) is 13.0. The summed E-state index contributed by atoms with van der Waals surface area (Å²) in [6, 6.07) is 5.22. The van der Waals surface area contributed by atoms with E-state index < -0.39 is 0 Å². The van der Waals surface area contributed by atoms with Crippen molar-refractivity contribution in [3.05, 3.63) is 34.4 Å². The maximum atomic E-state index is 12.4. The second-order valence-electron chi connectivity index (χ2n) is 4.61. The fourth-order valence-electron chi connectivity index (χ4n) is 1.99. The molecule has 0 saturated heterocycles. The second-order valence-corrected chi connectivity index (χ2v) is 7.39. The molecule has 124 valence electrons. The van der Waals surface area contributed by atoms with Crippen molar-refractivity contribution in [3.8, 4) is 0 Å². The summed E-state index contributed by atoms with van der Waals surface area (Å²) in [6.07, 6.45) is 3.72. The van der Waals surface area contributed by atoms with E-state index in [9.17, 15) is 4.79 Å². The number of carbonyl (C=O) groups excluding carboxylic acids is 1. The van der Waals surface area contributed by atoms with Crippen LogP contribution in [0, 0.1) is 0 Å². The van der Waals surface area contributed by atoms with Crippen molar-refractivity contribution >= 4 is 52.8 Å². The molecule has 0 saturated carbocycles. The number of nitrogens with zero attached hydrogens (tertiary/aromatic N) is 3. The number of hydrogen-bond donors (Lipinski definition) is 0. The predicted molar refractivity (Wildman–Crippen MR) is 98.3 cm³/mol. The quantitative estimate of drug-likeness (QED) is 0.643. The molecule has 0 radical (unpaired) electrons. The minimum Gasteiger partial charge on any atom is -0.323 e. The van der Waals surface area contributed by atoms with Gasteiger partial charge in [0, 0.05) is 28.0 Å². The van der Waals surface area contributed by atoms with Crippen molar-refractivity contribution in [2.24, 2.45) is 0 Å². The Hall–Kier alpha value is -0.820. The van der Waals surface area contributed by atoms with Crippen LogP contribution in [-0.4, -0.2) is 40.1 Å². The highest BCUT2D eigenvalue weighted by Crippen LogP contribution is 2.36. The van der Waals surface area contributed by atoms with Crippen LogP contribution in [0.4, 0.5) is 4.79 Å². The van der Waals surface area contributed by atoms with Crippen LogP contribution in [0.3, 0.4) is 0 Å². The SMILES string of the molecule is CCN(CC)C(=O)n1cc(SC)c(Sc2cc(Cl)cc(Cl)c2)n1. The van der Waals surface area contributed by atoms with Gasteiger partial charge in [0.05, 0.1) is 11.1 Å². The van der Waals surface area contributed by atoms with Crippen LogP contribution < -0.4 is 0 Å². The zero-order valence-corrected chi connectivity index (χ0v) is 16.2. The Morgan fingerprint density at radius 2 is 1.83 bits per heavy atom. The largest absolute Gasteiger partial charge is 0.344 e. The topological polar surface area (TPSA) is 38.1 Å². The molecule has 1 aromatic carbocycles. The fraction of sp³-hybridized carbons (Fsp3) is 0.333. The van der Waals surface area contributed by atoms with E-state index in [0.717, 1.165) is 14.8 Å². The van der Waals surface area contributed by atoms with Crippen molar-refractivity contribution in [2.45, 2.75) is 28.7 Å². The number of halogens is 2. The van der Waals surface area contributed by atoms with Crippen LogP contribution in [0.15, 0.2) is 39.2 Å². The summed E-state index contributed by atoms with van der Waals surface area (Å²) in [6.45, 7) is 5.19. The molecule has 0 aliphatic rings. The molecule has 23 heavy (non-hydrogen) atoms. The highest BCUT2D eigenvalue weighted by molar-refractivity contribution is 8.02. The van der Waals surface area contributed by atoms with Gasteiger partial charge < -0.3 is 4.90 Å². The maximum Gasteiger partial charge on any atom is 0.344 e. The van der Waals surface area contributed by atoms with Crippen molar-refractivity contribution in [3.63, 3.8) is 0 Å². The second kappa shape index (κ2) is 8.33. The summed E-state index contributed by atoms with van der Waals surface area (Å²) in [5, 5.41) is 6.34. The van der Waals surface area contributed by atoms with Gasteiger partial charge in [-0.3, -0.25) is 0 Å². The summed E-state index contributed by atoms with van der Waals surface area (Å²) in [5.74, 6) is 0. The molecule has 1 heterocycles. The van der Waals surface area contributed by atoms with E-state index >= 15 is 0 Å². The minimum absolute atomic E-state index is 0.124. The molecule has 0 bridgehead atoms.